The van der Waals surface area contributed by atoms with Crippen molar-refractivity contribution in [2.24, 2.45) is 5.92 Å². The van der Waals surface area contributed by atoms with Gasteiger partial charge in [-0.05, 0) is 19.1 Å². The third-order valence-electron chi connectivity index (χ3n) is 4.56. The zero-order valence-electron chi connectivity index (χ0n) is 13.2. The van der Waals surface area contributed by atoms with Crippen LogP contribution in [-0.4, -0.2) is 66.2 Å². The van der Waals surface area contributed by atoms with Crippen LogP contribution in [0.4, 0.5) is 0 Å². The zero-order valence-corrected chi connectivity index (χ0v) is 13.2. The van der Waals surface area contributed by atoms with Crippen LogP contribution in [0.2, 0.25) is 0 Å². The molecule has 2 saturated heterocycles. The number of hydrogen-bond donors (Lipinski definition) is 1. The van der Waals surface area contributed by atoms with E-state index in [2.05, 4.69) is 4.90 Å². The molecule has 0 saturated carbocycles. The van der Waals surface area contributed by atoms with E-state index in [9.17, 15) is 14.7 Å². The summed E-state index contributed by atoms with van der Waals surface area (Å²) < 4.78 is 10.9. The Balaban J connectivity index is 1.75. The molecule has 1 aromatic heterocycles. The lowest BCUT2D eigenvalue weighted by molar-refractivity contribution is -0.143. The van der Waals surface area contributed by atoms with Crippen LogP contribution in [0, 0.1) is 12.8 Å². The summed E-state index contributed by atoms with van der Waals surface area (Å²) in [5.41, 5.74) is 0. The number of ether oxygens (including phenoxy) is 1. The van der Waals surface area contributed by atoms with Crippen molar-refractivity contribution in [3.05, 3.63) is 23.7 Å². The predicted molar refractivity (Wildman–Crippen MR) is 80.9 cm³/mol. The first-order valence-electron chi connectivity index (χ1n) is 7.95. The molecule has 1 N–H and O–H groups in total. The van der Waals surface area contributed by atoms with E-state index >= 15 is 0 Å². The fraction of sp³-hybridized carbons (Fsp3) is 0.625. The van der Waals surface area contributed by atoms with Crippen molar-refractivity contribution in [2.75, 3.05) is 39.4 Å². The second-order valence-electron chi connectivity index (χ2n) is 6.08. The van der Waals surface area contributed by atoms with Crippen molar-refractivity contribution in [2.45, 2.75) is 19.4 Å². The minimum Gasteiger partial charge on any atom is -0.481 e. The highest BCUT2D eigenvalue weighted by atomic mass is 16.5. The topological polar surface area (TPSA) is 83.2 Å². The lowest BCUT2D eigenvalue weighted by Crippen LogP contribution is -2.42. The van der Waals surface area contributed by atoms with Gasteiger partial charge in [0.2, 0.25) is 5.91 Å². The summed E-state index contributed by atoms with van der Waals surface area (Å²) in [6.07, 6.45) is 0.0306. The third-order valence-corrected chi connectivity index (χ3v) is 4.56. The van der Waals surface area contributed by atoms with Gasteiger partial charge in [0.1, 0.15) is 17.6 Å². The summed E-state index contributed by atoms with van der Waals surface area (Å²) in [5.74, 6) is -0.548. The van der Waals surface area contributed by atoms with Crippen LogP contribution < -0.4 is 0 Å². The summed E-state index contributed by atoms with van der Waals surface area (Å²) in [6, 6.07) is 3.06. The van der Waals surface area contributed by atoms with Crippen molar-refractivity contribution in [3.63, 3.8) is 0 Å². The molecule has 7 nitrogen and oxygen atoms in total. The maximum absolute atomic E-state index is 12.3. The Morgan fingerprint density at radius 3 is 2.65 bits per heavy atom. The number of aryl methyl sites for hydroxylation is 1. The highest BCUT2D eigenvalue weighted by molar-refractivity contribution is 5.87. The molecule has 23 heavy (non-hydrogen) atoms. The van der Waals surface area contributed by atoms with Gasteiger partial charge in [0.25, 0.3) is 0 Å². The summed E-state index contributed by atoms with van der Waals surface area (Å²) in [5, 5.41) is 9.46. The second kappa shape index (κ2) is 6.72. The normalized spacial score (nSPS) is 26.0. The monoisotopic (exact) mass is 322 g/mol. The number of likely N-dealkylation sites (tertiary alicyclic amines) is 1. The van der Waals surface area contributed by atoms with Gasteiger partial charge in [-0.2, -0.15) is 0 Å². The van der Waals surface area contributed by atoms with Crippen LogP contribution >= 0.6 is 0 Å². The number of hydrogen-bond acceptors (Lipinski definition) is 5. The number of nitrogens with zero attached hydrogens (tertiary/aromatic N) is 2. The summed E-state index contributed by atoms with van der Waals surface area (Å²) >= 11 is 0. The number of carbonyl (C=O) groups is 2. The first-order chi connectivity index (χ1) is 11.1. The van der Waals surface area contributed by atoms with E-state index < -0.39 is 17.9 Å². The second-order valence-corrected chi connectivity index (χ2v) is 6.08. The Morgan fingerprint density at radius 1 is 1.30 bits per heavy atom. The third kappa shape index (κ3) is 3.40. The minimum absolute atomic E-state index is 0.0306. The lowest BCUT2D eigenvalue weighted by atomic mass is 9.98. The average Bonchev–Trinajstić information content (AvgIpc) is 3.09. The van der Waals surface area contributed by atoms with Crippen LogP contribution in [0.3, 0.4) is 0 Å². The SMILES string of the molecule is Cc1ccc([C@H]2[C@@H](C(=O)O)CC(=O)N2CCN2CCOCC2)o1. The van der Waals surface area contributed by atoms with Gasteiger partial charge in [0.05, 0.1) is 19.1 Å². The maximum atomic E-state index is 12.3. The quantitative estimate of drug-likeness (QED) is 0.867. The number of amides is 1. The Bertz CT molecular complexity index is 579. The molecule has 0 spiro atoms. The lowest BCUT2D eigenvalue weighted by Gasteiger charge is -2.31. The van der Waals surface area contributed by atoms with Crippen LogP contribution in [0.25, 0.3) is 0 Å². The van der Waals surface area contributed by atoms with Crippen LogP contribution in [0.15, 0.2) is 16.5 Å². The molecule has 2 aliphatic heterocycles. The Kier molecular flexibility index (Phi) is 4.68. The van der Waals surface area contributed by atoms with Gasteiger partial charge in [0, 0.05) is 32.6 Å². The van der Waals surface area contributed by atoms with Gasteiger partial charge in [-0.3, -0.25) is 14.5 Å². The van der Waals surface area contributed by atoms with Crippen molar-refractivity contribution < 1.29 is 23.8 Å². The molecule has 0 bridgehead atoms. The molecule has 0 unspecified atom stereocenters. The smallest absolute Gasteiger partial charge is 0.309 e. The molecule has 0 aromatic carbocycles. The number of carboxylic acids is 1. The van der Waals surface area contributed by atoms with Gasteiger partial charge in [-0.1, -0.05) is 0 Å². The van der Waals surface area contributed by atoms with Crippen LogP contribution in [-0.2, 0) is 14.3 Å². The molecule has 2 atom stereocenters. The van der Waals surface area contributed by atoms with Gasteiger partial charge in [0.15, 0.2) is 0 Å². The molecule has 1 aromatic rings. The first kappa shape index (κ1) is 16.0. The summed E-state index contributed by atoms with van der Waals surface area (Å²) in [4.78, 5) is 27.8. The first-order valence-corrected chi connectivity index (χ1v) is 7.95. The highest BCUT2D eigenvalue weighted by Gasteiger charge is 2.46. The molecule has 7 heteroatoms. The fourth-order valence-electron chi connectivity index (χ4n) is 3.31. The molecule has 3 rings (SSSR count). The van der Waals surface area contributed by atoms with E-state index in [1.807, 2.05) is 6.92 Å². The van der Waals surface area contributed by atoms with Gasteiger partial charge >= 0.3 is 5.97 Å². The molecule has 2 fully saturated rings. The van der Waals surface area contributed by atoms with Gasteiger partial charge in [-0.25, -0.2) is 0 Å². The van der Waals surface area contributed by atoms with Gasteiger partial charge in [-0.15, -0.1) is 0 Å². The van der Waals surface area contributed by atoms with E-state index in [1.54, 1.807) is 17.0 Å². The largest absolute Gasteiger partial charge is 0.481 e. The Morgan fingerprint density at radius 2 is 2.04 bits per heavy atom. The van der Waals surface area contributed by atoms with E-state index in [0.29, 0.717) is 25.5 Å². The maximum Gasteiger partial charge on any atom is 0.309 e. The minimum atomic E-state index is -0.953. The molecular formula is C16H22N2O5. The number of morpholine rings is 1. The highest BCUT2D eigenvalue weighted by Crippen LogP contribution is 2.38. The van der Waals surface area contributed by atoms with Crippen molar-refractivity contribution >= 4 is 11.9 Å². The van der Waals surface area contributed by atoms with E-state index in [0.717, 1.165) is 25.4 Å². The molecule has 126 valence electrons. The molecule has 0 aliphatic carbocycles. The Hall–Kier alpha value is -1.86. The van der Waals surface area contributed by atoms with E-state index in [4.69, 9.17) is 9.15 Å². The van der Waals surface area contributed by atoms with Crippen molar-refractivity contribution in [1.29, 1.82) is 0 Å². The molecule has 1 amide bonds. The van der Waals surface area contributed by atoms with E-state index in [-0.39, 0.29) is 12.3 Å². The number of rotatable bonds is 5. The van der Waals surface area contributed by atoms with E-state index in [1.165, 1.54) is 0 Å². The predicted octanol–water partition coefficient (Wildman–Crippen LogP) is 0.894. The Labute approximate surface area is 134 Å². The van der Waals surface area contributed by atoms with Gasteiger partial charge < -0.3 is 19.2 Å². The number of carboxylic acid groups (broad SMARTS) is 1. The van der Waals surface area contributed by atoms with Crippen molar-refractivity contribution in [1.82, 2.24) is 9.80 Å². The fourth-order valence-corrected chi connectivity index (χ4v) is 3.31. The summed E-state index contributed by atoms with van der Waals surface area (Å²) in [6.45, 7) is 6.13. The van der Waals surface area contributed by atoms with Crippen LogP contribution in [0.5, 0.6) is 0 Å². The molecule has 0 radical (unpaired) electrons. The number of furan rings is 1. The molecule has 2 aliphatic rings. The molecule has 3 heterocycles. The van der Waals surface area contributed by atoms with Crippen molar-refractivity contribution in [3.8, 4) is 0 Å². The number of aliphatic carboxylic acids is 1. The standard InChI is InChI=1S/C16H22N2O5/c1-11-2-3-13(23-11)15-12(16(20)21)10-14(19)18(15)5-4-17-6-8-22-9-7-17/h2-3,12,15H,4-10H2,1H3,(H,20,21)/t12-,15+/m0/s1. The molecular weight excluding hydrogens is 300 g/mol. The summed E-state index contributed by atoms with van der Waals surface area (Å²) in [7, 11) is 0. The van der Waals surface area contributed by atoms with Crippen LogP contribution in [0.1, 0.15) is 24.0 Å². The average molecular weight is 322 g/mol. The zero-order chi connectivity index (χ0) is 16.4. The number of carbonyl (C=O) groups excluding carboxylic acids is 1.